The second-order valence-electron chi connectivity index (χ2n) is 6.15. The summed E-state index contributed by atoms with van der Waals surface area (Å²) in [5.41, 5.74) is 1.25. The van der Waals surface area contributed by atoms with Gasteiger partial charge in [-0.1, -0.05) is 30.3 Å². The molecule has 0 radical (unpaired) electrons. The van der Waals surface area contributed by atoms with Crippen molar-refractivity contribution in [3.05, 3.63) is 35.9 Å². The van der Waals surface area contributed by atoms with Gasteiger partial charge in [-0.3, -0.25) is 0 Å². The largest absolute Gasteiger partial charge is 0.393 e. The van der Waals surface area contributed by atoms with Crippen molar-refractivity contribution in [1.29, 1.82) is 0 Å². The predicted octanol–water partition coefficient (Wildman–Crippen LogP) is 3.10. The van der Waals surface area contributed by atoms with Gasteiger partial charge in [-0.15, -0.1) is 0 Å². The van der Waals surface area contributed by atoms with E-state index in [-0.39, 0.29) is 6.10 Å². The lowest BCUT2D eigenvalue weighted by atomic mass is 9.89. The summed E-state index contributed by atoms with van der Waals surface area (Å²) in [4.78, 5) is 2.54. The first-order chi connectivity index (χ1) is 9.15. The third-order valence-electron chi connectivity index (χ3n) is 4.30. The molecule has 0 amide bonds. The van der Waals surface area contributed by atoms with Gasteiger partial charge in [-0.25, -0.2) is 0 Å². The van der Waals surface area contributed by atoms with E-state index in [0.29, 0.717) is 12.0 Å². The van der Waals surface area contributed by atoms with Crippen LogP contribution >= 0.6 is 0 Å². The lowest BCUT2D eigenvalue weighted by Gasteiger charge is -2.35. The molecule has 2 nitrogen and oxygen atoms in total. The van der Waals surface area contributed by atoms with Crippen LogP contribution in [0, 0.1) is 5.92 Å². The van der Waals surface area contributed by atoms with E-state index in [1.807, 2.05) is 18.2 Å². The van der Waals surface area contributed by atoms with E-state index in [9.17, 15) is 5.11 Å². The Labute approximate surface area is 117 Å². The molecule has 1 heterocycles. The Bertz CT molecular complexity index is 355. The minimum absolute atomic E-state index is 0.182. The van der Waals surface area contributed by atoms with Crippen LogP contribution in [-0.2, 0) is 6.42 Å². The molecule has 0 aliphatic carbocycles. The van der Waals surface area contributed by atoms with Crippen molar-refractivity contribution in [1.82, 2.24) is 4.90 Å². The topological polar surface area (TPSA) is 23.5 Å². The number of aliphatic hydroxyl groups is 1. The van der Waals surface area contributed by atoms with Gasteiger partial charge in [0, 0.05) is 6.04 Å². The number of hydrogen-bond acceptors (Lipinski definition) is 2. The molecule has 1 atom stereocenters. The Morgan fingerprint density at radius 1 is 1.16 bits per heavy atom. The van der Waals surface area contributed by atoms with Crippen molar-refractivity contribution in [3.8, 4) is 0 Å². The summed E-state index contributed by atoms with van der Waals surface area (Å²) in [6, 6.07) is 11.0. The zero-order valence-corrected chi connectivity index (χ0v) is 12.3. The molecule has 1 fully saturated rings. The van der Waals surface area contributed by atoms with E-state index < -0.39 is 0 Å². The number of rotatable bonds is 5. The van der Waals surface area contributed by atoms with Crippen molar-refractivity contribution in [3.63, 3.8) is 0 Å². The molecule has 0 saturated carbocycles. The lowest BCUT2D eigenvalue weighted by molar-refractivity contribution is 0.0966. The molecular formula is C17H27NO. The van der Waals surface area contributed by atoms with Gasteiger partial charge < -0.3 is 10.0 Å². The monoisotopic (exact) mass is 261 g/mol. The Morgan fingerprint density at radius 3 is 2.37 bits per heavy atom. The minimum Gasteiger partial charge on any atom is -0.393 e. The Balaban J connectivity index is 1.73. The average Bonchev–Trinajstić information content (AvgIpc) is 2.40. The smallest absolute Gasteiger partial charge is 0.0583 e. The van der Waals surface area contributed by atoms with Crippen LogP contribution in [0.1, 0.15) is 38.7 Å². The molecule has 1 unspecified atom stereocenters. The van der Waals surface area contributed by atoms with E-state index in [4.69, 9.17) is 0 Å². The molecule has 1 saturated heterocycles. The molecule has 1 aliphatic heterocycles. The van der Waals surface area contributed by atoms with Gasteiger partial charge in [0.2, 0.25) is 0 Å². The first-order valence-corrected chi connectivity index (χ1v) is 7.61. The van der Waals surface area contributed by atoms with Crippen LogP contribution in [0.4, 0.5) is 0 Å². The molecular weight excluding hydrogens is 234 g/mol. The lowest BCUT2D eigenvalue weighted by Crippen LogP contribution is -2.39. The highest BCUT2D eigenvalue weighted by atomic mass is 16.3. The first-order valence-electron chi connectivity index (χ1n) is 7.61. The first kappa shape index (κ1) is 14.5. The van der Waals surface area contributed by atoms with Crippen molar-refractivity contribution >= 4 is 0 Å². The highest BCUT2D eigenvalue weighted by Gasteiger charge is 2.22. The van der Waals surface area contributed by atoms with Gasteiger partial charge in [0.15, 0.2) is 0 Å². The van der Waals surface area contributed by atoms with E-state index in [1.54, 1.807) is 0 Å². The molecule has 1 aromatic rings. The fraction of sp³-hybridized carbons (Fsp3) is 0.647. The third kappa shape index (κ3) is 4.63. The highest BCUT2D eigenvalue weighted by molar-refractivity contribution is 5.15. The van der Waals surface area contributed by atoms with E-state index >= 15 is 0 Å². The maximum absolute atomic E-state index is 10.2. The zero-order chi connectivity index (χ0) is 13.7. The molecule has 2 rings (SSSR count). The maximum atomic E-state index is 10.2. The molecule has 106 valence electrons. The van der Waals surface area contributed by atoms with E-state index in [1.165, 1.54) is 31.5 Å². The van der Waals surface area contributed by atoms with Crippen molar-refractivity contribution in [2.24, 2.45) is 5.92 Å². The van der Waals surface area contributed by atoms with Gasteiger partial charge in [-0.2, -0.15) is 0 Å². The number of nitrogens with zero attached hydrogens (tertiary/aromatic N) is 1. The van der Waals surface area contributed by atoms with Crippen LogP contribution in [0.2, 0.25) is 0 Å². The van der Waals surface area contributed by atoms with Crippen molar-refractivity contribution < 1.29 is 5.11 Å². The minimum atomic E-state index is -0.182. The zero-order valence-electron chi connectivity index (χ0n) is 12.3. The number of benzene rings is 1. The summed E-state index contributed by atoms with van der Waals surface area (Å²) >= 11 is 0. The number of aliphatic hydroxyl groups excluding tert-OH is 1. The van der Waals surface area contributed by atoms with Crippen LogP contribution in [-0.4, -0.2) is 35.2 Å². The van der Waals surface area contributed by atoms with Crippen molar-refractivity contribution in [2.75, 3.05) is 13.1 Å². The molecule has 1 aromatic carbocycles. The van der Waals surface area contributed by atoms with Gasteiger partial charge in [0.05, 0.1) is 6.10 Å². The van der Waals surface area contributed by atoms with Gasteiger partial charge >= 0.3 is 0 Å². The molecule has 19 heavy (non-hydrogen) atoms. The second-order valence-corrected chi connectivity index (χ2v) is 6.15. The summed E-state index contributed by atoms with van der Waals surface area (Å²) in [7, 11) is 0. The second kappa shape index (κ2) is 7.06. The van der Waals surface area contributed by atoms with Crippen LogP contribution in [0.5, 0.6) is 0 Å². The van der Waals surface area contributed by atoms with Crippen LogP contribution < -0.4 is 0 Å². The van der Waals surface area contributed by atoms with E-state index in [0.717, 1.165) is 12.8 Å². The summed E-state index contributed by atoms with van der Waals surface area (Å²) in [5.74, 6) is 0.703. The molecule has 0 bridgehead atoms. The molecule has 1 N–H and O–H groups in total. The quantitative estimate of drug-likeness (QED) is 0.880. The summed E-state index contributed by atoms with van der Waals surface area (Å²) < 4.78 is 0. The summed E-state index contributed by atoms with van der Waals surface area (Å²) in [6.07, 6.45) is 4.05. The average molecular weight is 261 g/mol. The molecule has 1 aliphatic rings. The fourth-order valence-corrected chi connectivity index (χ4v) is 3.06. The van der Waals surface area contributed by atoms with Crippen molar-refractivity contribution in [2.45, 2.75) is 51.7 Å². The Kier molecular flexibility index (Phi) is 5.41. The Hall–Kier alpha value is -0.860. The predicted molar refractivity (Wildman–Crippen MR) is 80.2 cm³/mol. The van der Waals surface area contributed by atoms with Gasteiger partial charge in [-0.05, 0) is 64.1 Å². The van der Waals surface area contributed by atoms with E-state index in [2.05, 4.69) is 30.9 Å². The van der Waals surface area contributed by atoms with Crippen LogP contribution in [0.3, 0.4) is 0 Å². The maximum Gasteiger partial charge on any atom is 0.0583 e. The fourth-order valence-electron chi connectivity index (χ4n) is 3.06. The number of likely N-dealkylation sites (tertiary alicyclic amines) is 1. The van der Waals surface area contributed by atoms with Crippen LogP contribution in [0.25, 0.3) is 0 Å². The number of hydrogen-bond donors (Lipinski definition) is 1. The van der Waals surface area contributed by atoms with Gasteiger partial charge in [0.1, 0.15) is 0 Å². The summed E-state index contributed by atoms with van der Waals surface area (Å²) in [6.45, 7) is 6.93. The Morgan fingerprint density at radius 2 is 1.79 bits per heavy atom. The third-order valence-corrected chi connectivity index (χ3v) is 4.30. The highest BCUT2D eigenvalue weighted by Crippen LogP contribution is 2.24. The standard InChI is InChI=1S/C17H27NO/c1-14(2)18-10-8-16(9-11-18)13-17(19)12-15-6-4-3-5-7-15/h3-7,14,16-17,19H,8-13H2,1-2H3. The van der Waals surface area contributed by atoms with Gasteiger partial charge in [0.25, 0.3) is 0 Å². The SMILES string of the molecule is CC(C)N1CCC(CC(O)Cc2ccccc2)CC1. The molecule has 0 aromatic heterocycles. The summed E-state index contributed by atoms with van der Waals surface area (Å²) in [5, 5.41) is 10.2. The number of piperidine rings is 1. The molecule has 2 heteroatoms. The van der Waals surface area contributed by atoms with Crippen LogP contribution in [0.15, 0.2) is 30.3 Å². The normalized spacial score (nSPS) is 19.8. The molecule has 0 spiro atoms.